The maximum Gasteiger partial charge on any atom is 0.337 e. The normalized spacial score (nSPS) is 11.1. The topological polar surface area (TPSA) is 94.6 Å². The summed E-state index contributed by atoms with van der Waals surface area (Å²) in [6, 6.07) is 21.2. The lowest BCUT2D eigenvalue weighted by Crippen LogP contribution is -2.14. The average molecular weight is 388 g/mol. The van der Waals surface area contributed by atoms with Crippen molar-refractivity contribution in [2.75, 3.05) is 6.61 Å². The third-order valence-electron chi connectivity index (χ3n) is 4.87. The van der Waals surface area contributed by atoms with Crippen LogP contribution in [0.4, 0.5) is 0 Å². The van der Waals surface area contributed by atoms with Crippen LogP contribution in [0.2, 0.25) is 0 Å². The first kappa shape index (κ1) is 18.7. The minimum Gasteiger partial charge on any atom is -0.424 e. The highest BCUT2D eigenvalue weighted by molar-refractivity contribution is 6.14. The smallest absolute Gasteiger partial charge is 0.337 e. The van der Waals surface area contributed by atoms with Gasteiger partial charge < -0.3 is 20.1 Å². The first-order chi connectivity index (χ1) is 14.1. The summed E-state index contributed by atoms with van der Waals surface area (Å²) in [6.07, 6.45) is 0.0735. The van der Waals surface area contributed by atoms with E-state index in [1.54, 1.807) is 12.1 Å². The monoisotopic (exact) mass is 388 g/mol. The summed E-state index contributed by atoms with van der Waals surface area (Å²) in [5, 5.41) is 10.7. The standard InChI is InChI=1S/C23H20N2O4/c24-20(27)12-16-8-4-9-17-22(16)23-18(10-5-11-19(23)29-21(28)14-26)25(17)13-15-6-2-1-3-7-15/h1-11,26H,12-14H2,(H2,24,27). The van der Waals surface area contributed by atoms with Gasteiger partial charge in [0.1, 0.15) is 12.4 Å². The van der Waals surface area contributed by atoms with Crippen molar-refractivity contribution in [2.24, 2.45) is 5.73 Å². The van der Waals surface area contributed by atoms with Crippen LogP contribution >= 0.6 is 0 Å². The number of fused-ring (bicyclic) bond motifs is 3. The van der Waals surface area contributed by atoms with Crippen LogP contribution in [-0.4, -0.2) is 28.2 Å². The van der Waals surface area contributed by atoms with Crippen LogP contribution in [0, 0.1) is 0 Å². The molecule has 6 heteroatoms. The second kappa shape index (κ2) is 7.77. The molecular weight excluding hydrogens is 368 g/mol. The van der Waals surface area contributed by atoms with Crippen molar-refractivity contribution in [1.29, 1.82) is 0 Å². The maximum absolute atomic E-state index is 11.8. The van der Waals surface area contributed by atoms with Crippen molar-refractivity contribution in [3.63, 3.8) is 0 Å². The molecule has 0 saturated heterocycles. The number of hydrogen-bond acceptors (Lipinski definition) is 4. The quantitative estimate of drug-likeness (QED) is 0.392. The molecule has 0 aliphatic carbocycles. The predicted octanol–water partition coefficient (Wildman–Crippen LogP) is 2.77. The zero-order valence-electron chi connectivity index (χ0n) is 15.7. The minimum absolute atomic E-state index is 0.0735. The number of hydrogen-bond donors (Lipinski definition) is 2. The van der Waals surface area contributed by atoms with Crippen molar-refractivity contribution >= 4 is 33.7 Å². The summed E-state index contributed by atoms with van der Waals surface area (Å²) in [5.74, 6) is -0.838. The Morgan fingerprint density at radius 1 is 0.897 bits per heavy atom. The van der Waals surface area contributed by atoms with E-state index in [0.29, 0.717) is 12.3 Å². The van der Waals surface area contributed by atoms with Crippen molar-refractivity contribution in [2.45, 2.75) is 13.0 Å². The minimum atomic E-state index is -0.742. The summed E-state index contributed by atoms with van der Waals surface area (Å²) in [6.45, 7) is -0.106. The summed E-state index contributed by atoms with van der Waals surface area (Å²) in [5.41, 5.74) is 9.12. The number of carbonyl (C=O) groups is 2. The van der Waals surface area contributed by atoms with E-state index in [-0.39, 0.29) is 6.42 Å². The van der Waals surface area contributed by atoms with Crippen molar-refractivity contribution in [3.8, 4) is 5.75 Å². The molecule has 6 nitrogen and oxygen atoms in total. The van der Waals surface area contributed by atoms with Gasteiger partial charge in [0.25, 0.3) is 0 Å². The van der Waals surface area contributed by atoms with E-state index in [2.05, 4.69) is 4.57 Å². The zero-order chi connectivity index (χ0) is 20.4. The van der Waals surface area contributed by atoms with Crippen LogP contribution in [0.25, 0.3) is 21.8 Å². The van der Waals surface area contributed by atoms with Gasteiger partial charge in [0.2, 0.25) is 5.91 Å². The number of aliphatic hydroxyl groups is 1. The summed E-state index contributed by atoms with van der Waals surface area (Å²) < 4.78 is 7.52. The number of benzene rings is 3. The molecule has 0 unspecified atom stereocenters. The molecule has 29 heavy (non-hydrogen) atoms. The number of carbonyl (C=O) groups excluding carboxylic acids is 2. The number of esters is 1. The second-order valence-corrected chi connectivity index (χ2v) is 6.81. The number of ether oxygens (including phenoxy) is 1. The molecule has 1 amide bonds. The van der Waals surface area contributed by atoms with Gasteiger partial charge >= 0.3 is 5.97 Å². The molecule has 0 aliphatic heterocycles. The molecule has 3 N–H and O–H groups in total. The molecule has 0 saturated carbocycles. The fourth-order valence-electron chi connectivity index (χ4n) is 3.74. The molecule has 1 heterocycles. The first-order valence-corrected chi connectivity index (χ1v) is 9.25. The van der Waals surface area contributed by atoms with Gasteiger partial charge in [0.05, 0.1) is 17.3 Å². The third kappa shape index (κ3) is 3.58. The first-order valence-electron chi connectivity index (χ1n) is 9.25. The Balaban J connectivity index is 2.02. The predicted molar refractivity (Wildman–Crippen MR) is 111 cm³/mol. The molecule has 0 aliphatic rings. The lowest BCUT2D eigenvalue weighted by Gasteiger charge is -2.08. The Morgan fingerprint density at radius 3 is 2.28 bits per heavy atom. The van der Waals surface area contributed by atoms with Crippen LogP contribution in [-0.2, 0) is 22.6 Å². The molecule has 0 fully saturated rings. The number of nitrogens with two attached hydrogens (primary N) is 1. The number of amides is 1. The van der Waals surface area contributed by atoms with E-state index in [0.717, 1.165) is 32.9 Å². The van der Waals surface area contributed by atoms with Crippen LogP contribution < -0.4 is 10.5 Å². The number of primary amides is 1. The number of aromatic nitrogens is 1. The fraction of sp³-hybridized carbons (Fsp3) is 0.130. The van der Waals surface area contributed by atoms with E-state index in [1.807, 2.05) is 54.6 Å². The van der Waals surface area contributed by atoms with Gasteiger partial charge in [-0.2, -0.15) is 0 Å². The summed E-state index contributed by atoms with van der Waals surface area (Å²) >= 11 is 0. The number of nitrogens with zero attached hydrogens (tertiary/aromatic N) is 1. The van der Waals surface area contributed by atoms with E-state index < -0.39 is 18.5 Å². The molecule has 0 atom stereocenters. The molecule has 146 valence electrons. The Kier molecular flexibility index (Phi) is 5.01. The third-order valence-corrected chi connectivity index (χ3v) is 4.87. The molecule has 0 bridgehead atoms. The van der Waals surface area contributed by atoms with Crippen molar-refractivity contribution in [3.05, 3.63) is 77.9 Å². The van der Waals surface area contributed by atoms with E-state index in [1.165, 1.54) is 0 Å². The van der Waals surface area contributed by atoms with Gasteiger partial charge in [0, 0.05) is 17.4 Å². The highest BCUT2D eigenvalue weighted by atomic mass is 16.5. The van der Waals surface area contributed by atoms with Gasteiger partial charge in [-0.3, -0.25) is 4.79 Å². The van der Waals surface area contributed by atoms with E-state index in [9.17, 15) is 9.59 Å². The zero-order valence-corrected chi connectivity index (χ0v) is 15.7. The average Bonchev–Trinajstić information content (AvgIpc) is 3.04. The number of rotatable bonds is 6. The van der Waals surface area contributed by atoms with Gasteiger partial charge in [0.15, 0.2) is 0 Å². The van der Waals surface area contributed by atoms with Crippen LogP contribution in [0.15, 0.2) is 66.7 Å². The van der Waals surface area contributed by atoms with E-state index >= 15 is 0 Å². The van der Waals surface area contributed by atoms with Crippen molar-refractivity contribution < 1.29 is 19.4 Å². The number of aliphatic hydroxyl groups excluding tert-OH is 1. The lowest BCUT2D eigenvalue weighted by molar-refractivity contribution is -0.137. The fourth-order valence-corrected chi connectivity index (χ4v) is 3.74. The summed E-state index contributed by atoms with van der Waals surface area (Å²) in [7, 11) is 0. The van der Waals surface area contributed by atoms with Gasteiger partial charge in [-0.1, -0.05) is 48.5 Å². The maximum atomic E-state index is 11.8. The molecule has 0 spiro atoms. The Hall–Kier alpha value is -3.64. The highest BCUT2D eigenvalue weighted by Crippen LogP contribution is 2.38. The van der Waals surface area contributed by atoms with Gasteiger partial charge in [-0.25, -0.2) is 4.79 Å². The molecule has 4 rings (SSSR count). The Bertz CT molecular complexity index is 1210. The van der Waals surface area contributed by atoms with Gasteiger partial charge in [-0.15, -0.1) is 0 Å². The molecule has 0 radical (unpaired) electrons. The molecule has 1 aromatic heterocycles. The van der Waals surface area contributed by atoms with Crippen LogP contribution in [0.1, 0.15) is 11.1 Å². The molecular formula is C23H20N2O4. The largest absolute Gasteiger partial charge is 0.424 e. The second-order valence-electron chi connectivity index (χ2n) is 6.81. The van der Waals surface area contributed by atoms with Gasteiger partial charge in [-0.05, 0) is 29.3 Å². The molecule has 4 aromatic rings. The highest BCUT2D eigenvalue weighted by Gasteiger charge is 2.19. The van der Waals surface area contributed by atoms with E-state index in [4.69, 9.17) is 15.6 Å². The lowest BCUT2D eigenvalue weighted by atomic mass is 10.0. The Morgan fingerprint density at radius 2 is 1.59 bits per heavy atom. The Labute approximate surface area is 167 Å². The summed E-state index contributed by atoms with van der Waals surface area (Å²) in [4.78, 5) is 23.4. The SMILES string of the molecule is NC(=O)Cc1cccc2c1c1c(OC(=O)CO)cccc1n2Cc1ccccc1. The van der Waals surface area contributed by atoms with Crippen LogP contribution in [0.3, 0.4) is 0 Å². The van der Waals surface area contributed by atoms with Crippen molar-refractivity contribution in [1.82, 2.24) is 4.57 Å². The van der Waals surface area contributed by atoms with Crippen LogP contribution in [0.5, 0.6) is 5.75 Å². The molecule has 3 aromatic carbocycles.